The zero-order valence-electron chi connectivity index (χ0n) is 16.7. The Morgan fingerprint density at radius 1 is 1.11 bits per heavy atom. The molecule has 3 rings (SSSR count). The molecule has 1 unspecified atom stereocenters. The van der Waals surface area contributed by atoms with Crippen LogP contribution < -0.4 is 4.72 Å². The SMILES string of the molecule is CC(C)(C)N1CC(C(=O)N2CCC(NS(=O)(=O)c3ccccc3)CC2)CC1=O. The van der Waals surface area contributed by atoms with Crippen LogP contribution in [-0.2, 0) is 19.6 Å². The van der Waals surface area contributed by atoms with Gasteiger partial charge in [-0.1, -0.05) is 18.2 Å². The number of nitrogens with zero attached hydrogens (tertiary/aromatic N) is 2. The molecule has 2 aliphatic rings. The lowest BCUT2D eigenvalue weighted by Crippen LogP contribution is -2.48. The molecule has 154 valence electrons. The largest absolute Gasteiger partial charge is 0.342 e. The van der Waals surface area contributed by atoms with Crippen molar-refractivity contribution in [1.82, 2.24) is 14.5 Å². The summed E-state index contributed by atoms with van der Waals surface area (Å²) in [7, 11) is -3.55. The summed E-state index contributed by atoms with van der Waals surface area (Å²) in [5.41, 5.74) is -0.283. The van der Waals surface area contributed by atoms with E-state index in [0.717, 1.165) is 0 Å². The molecule has 7 nitrogen and oxygen atoms in total. The van der Waals surface area contributed by atoms with Crippen LogP contribution in [0, 0.1) is 5.92 Å². The maximum atomic E-state index is 12.8. The minimum absolute atomic E-state index is 0.00414. The van der Waals surface area contributed by atoms with Crippen molar-refractivity contribution in [3.05, 3.63) is 30.3 Å². The molecule has 0 aliphatic carbocycles. The van der Waals surface area contributed by atoms with Gasteiger partial charge in [-0.25, -0.2) is 13.1 Å². The highest BCUT2D eigenvalue weighted by atomic mass is 32.2. The van der Waals surface area contributed by atoms with Gasteiger partial charge in [0.2, 0.25) is 21.8 Å². The van der Waals surface area contributed by atoms with Gasteiger partial charge in [0.25, 0.3) is 0 Å². The van der Waals surface area contributed by atoms with E-state index in [9.17, 15) is 18.0 Å². The summed E-state index contributed by atoms with van der Waals surface area (Å²) in [6, 6.07) is 8.11. The summed E-state index contributed by atoms with van der Waals surface area (Å²) in [5, 5.41) is 0. The second kappa shape index (κ2) is 7.83. The summed E-state index contributed by atoms with van der Waals surface area (Å²) < 4.78 is 27.7. The second-order valence-corrected chi connectivity index (χ2v) is 10.3. The zero-order chi connectivity index (χ0) is 20.5. The molecule has 2 fully saturated rings. The summed E-state index contributed by atoms with van der Waals surface area (Å²) in [4.78, 5) is 28.9. The number of carbonyl (C=O) groups is 2. The molecule has 2 amide bonds. The van der Waals surface area contributed by atoms with Gasteiger partial charge in [0.1, 0.15) is 0 Å². The van der Waals surface area contributed by atoms with E-state index in [4.69, 9.17) is 0 Å². The molecule has 1 aromatic carbocycles. The number of hydrogen-bond donors (Lipinski definition) is 1. The average molecular weight is 408 g/mol. The lowest BCUT2D eigenvalue weighted by molar-refractivity contribution is -0.136. The fraction of sp³-hybridized carbons (Fsp3) is 0.600. The molecule has 0 saturated carbocycles. The van der Waals surface area contributed by atoms with Crippen LogP contribution >= 0.6 is 0 Å². The monoisotopic (exact) mass is 407 g/mol. The Kier molecular flexibility index (Phi) is 5.82. The number of sulfonamides is 1. The molecule has 0 aromatic heterocycles. The minimum atomic E-state index is -3.55. The van der Waals surface area contributed by atoms with Gasteiger partial charge in [0.15, 0.2) is 0 Å². The van der Waals surface area contributed by atoms with Gasteiger partial charge in [0, 0.05) is 37.6 Å². The first-order valence-electron chi connectivity index (χ1n) is 9.74. The number of benzene rings is 1. The van der Waals surface area contributed by atoms with E-state index in [1.54, 1.807) is 40.1 Å². The Morgan fingerprint density at radius 2 is 1.71 bits per heavy atom. The second-order valence-electron chi connectivity index (χ2n) is 8.61. The molecule has 8 heteroatoms. The highest BCUT2D eigenvalue weighted by Crippen LogP contribution is 2.28. The fourth-order valence-electron chi connectivity index (χ4n) is 3.88. The van der Waals surface area contributed by atoms with Crippen molar-refractivity contribution < 1.29 is 18.0 Å². The van der Waals surface area contributed by atoms with Gasteiger partial charge in [-0.15, -0.1) is 0 Å². The Labute approximate surface area is 167 Å². The van der Waals surface area contributed by atoms with Crippen molar-refractivity contribution in [3.63, 3.8) is 0 Å². The van der Waals surface area contributed by atoms with Crippen LogP contribution in [0.1, 0.15) is 40.0 Å². The van der Waals surface area contributed by atoms with Crippen molar-refractivity contribution in [2.75, 3.05) is 19.6 Å². The van der Waals surface area contributed by atoms with E-state index in [0.29, 0.717) is 32.5 Å². The van der Waals surface area contributed by atoms with Crippen molar-refractivity contribution in [2.24, 2.45) is 5.92 Å². The lowest BCUT2D eigenvalue weighted by Gasteiger charge is -2.34. The van der Waals surface area contributed by atoms with Crippen molar-refractivity contribution >= 4 is 21.8 Å². The number of carbonyl (C=O) groups excluding carboxylic acids is 2. The Bertz CT molecular complexity index is 825. The maximum absolute atomic E-state index is 12.8. The van der Waals surface area contributed by atoms with Gasteiger partial charge >= 0.3 is 0 Å². The van der Waals surface area contributed by atoms with Gasteiger partial charge in [-0.2, -0.15) is 0 Å². The summed E-state index contributed by atoms with van der Waals surface area (Å²) in [6.45, 7) is 7.38. The smallest absolute Gasteiger partial charge is 0.240 e. The molecule has 0 radical (unpaired) electrons. The fourth-order valence-corrected chi connectivity index (χ4v) is 5.21. The number of rotatable bonds is 4. The highest BCUT2D eigenvalue weighted by molar-refractivity contribution is 7.89. The van der Waals surface area contributed by atoms with Crippen LogP contribution in [-0.4, -0.2) is 61.2 Å². The highest BCUT2D eigenvalue weighted by Gasteiger charge is 2.41. The molecular weight excluding hydrogens is 378 g/mol. The Balaban J connectivity index is 1.54. The molecule has 28 heavy (non-hydrogen) atoms. The van der Waals surface area contributed by atoms with Crippen molar-refractivity contribution in [2.45, 2.75) is 56.5 Å². The molecule has 1 N–H and O–H groups in total. The first-order chi connectivity index (χ1) is 13.1. The Hall–Kier alpha value is -1.93. The summed E-state index contributed by atoms with van der Waals surface area (Å²) in [6.07, 6.45) is 1.40. The van der Waals surface area contributed by atoms with Crippen LogP contribution in [0.25, 0.3) is 0 Å². The lowest BCUT2D eigenvalue weighted by atomic mass is 10.0. The van der Waals surface area contributed by atoms with Crippen molar-refractivity contribution in [3.8, 4) is 0 Å². The van der Waals surface area contributed by atoms with Gasteiger partial charge in [-0.05, 0) is 45.7 Å². The van der Waals surface area contributed by atoms with Crippen LogP contribution in [0.3, 0.4) is 0 Å². The van der Waals surface area contributed by atoms with E-state index in [-0.39, 0.29) is 40.6 Å². The van der Waals surface area contributed by atoms with Gasteiger partial charge < -0.3 is 9.80 Å². The van der Waals surface area contributed by atoms with Crippen LogP contribution in [0.5, 0.6) is 0 Å². The Morgan fingerprint density at radius 3 is 2.25 bits per heavy atom. The molecule has 0 bridgehead atoms. The first kappa shape index (κ1) is 20.8. The third-order valence-electron chi connectivity index (χ3n) is 5.47. The molecule has 1 atom stereocenters. The molecule has 1 aromatic rings. The third-order valence-corrected chi connectivity index (χ3v) is 7.00. The molecule has 2 saturated heterocycles. The zero-order valence-corrected chi connectivity index (χ0v) is 17.5. The van der Waals surface area contributed by atoms with E-state index in [2.05, 4.69) is 4.72 Å². The molecule has 2 aliphatic heterocycles. The van der Waals surface area contributed by atoms with E-state index < -0.39 is 10.0 Å². The minimum Gasteiger partial charge on any atom is -0.342 e. The number of likely N-dealkylation sites (tertiary alicyclic amines) is 2. The standard InChI is InChI=1S/C20H29N3O4S/c1-20(2,3)23-14-15(13-18(23)24)19(25)22-11-9-16(10-12-22)21-28(26,27)17-7-5-4-6-8-17/h4-8,15-16,21H,9-14H2,1-3H3. The average Bonchev–Trinajstić information content (AvgIpc) is 3.04. The third kappa shape index (κ3) is 4.55. The summed E-state index contributed by atoms with van der Waals surface area (Å²) in [5.74, 6) is -0.273. The number of hydrogen-bond acceptors (Lipinski definition) is 4. The quantitative estimate of drug-likeness (QED) is 0.821. The van der Waals surface area contributed by atoms with Crippen LogP contribution in [0.2, 0.25) is 0 Å². The number of piperidine rings is 1. The summed E-state index contributed by atoms with van der Waals surface area (Å²) >= 11 is 0. The van der Waals surface area contributed by atoms with E-state index in [1.807, 2.05) is 20.8 Å². The van der Waals surface area contributed by atoms with Crippen molar-refractivity contribution in [1.29, 1.82) is 0 Å². The van der Waals surface area contributed by atoms with Gasteiger partial charge in [0.05, 0.1) is 10.8 Å². The molecular formula is C20H29N3O4S. The van der Waals surface area contributed by atoms with Gasteiger partial charge in [-0.3, -0.25) is 9.59 Å². The van der Waals surface area contributed by atoms with Crippen LogP contribution in [0.15, 0.2) is 35.2 Å². The predicted octanol–water partition coefficient (Wildman–Crippen LogP) is 1.60. The predicted molar refractivity (Wildman–Crippen MR) is 106 cm³/mol. The van der Waals surface area contributed by atoms with E-state index >= 15 is 0 Å². The maximum Gasteiger partial charge on any atom is 0.240 e. The van der Waals surface area contributed by atoms with E-state index in [1.165, 1.54) is 0 Å². The number of nitrogens with one attached hydrogen (secondary N) is 1. The number of amides is 2. The molecule has 2 heterocycles. The first-order valence-corrected chi connectivity index (χ1v) is 11.2. The normalized spacial score (nSPS) is 22.0. The topological polar surface area (TPSA) is 86.8 Å². The molecule has 0 spiro atoms. The van der Waals surface area contributed by atoms with Crippen LogP contribution in [0.4, 0.5) is 0 Å².